The monoisotopic (exact) mass is 301 g/mol. The number of benzene rings is 1. The molecular weight excluding hydrogens is 292 g/mol. The van der Waals surface area contributed by atoms with E-state index in [1.54, 1.807) is 19.1 Å². The number of hydrogen-bond acceptors (Lipinski definition) is 4. The minimum atomic E-state index is -0.916. The summed E-state index contributed by atoms with van der Waals surface area (Å²) in [4.78, 5) is 4.30. The summed E-state index contributed by atoms with van der Waals surface area (Å²) >= 11 is 0. The lowest BCUT2D eigenvalue weighted by atomic mass is 10.0. The third kappa shape index (κ3) is 1.56. The van der Waals surface area contributed by atoms with Crippen LogP contribution in [-0.2, 0) is 0 Å². The van der Waals surface area contributed by atoms with Gasteiger partial charge in [-0.3, -0.25) is 5.10 Å². The maximum Gasteiger partial charge on any atom is 0.173 e. The van der Waals surface area contributed by atoms with Gasteiger partial charge in [0.1, 0.15) is 11.5 Å². The molecule has 0 radical (unpaired) electrons. The van der Waals surface area contributed by atoms with E-state index in [-0.39, 0.29) is 16.5 Å². The number of rotatable bonds is 1. The van der Waals surface area contributed by atoms with Crippen LogP contribution in [0, 0.1) is 18.6 Å². The number of pyridine rings is 1. The average Bonchev–Trinajstić information content (AvgIpc) is 3.13. The number of phenolic OH excluding ortho intramolecular Hbond substituents is 1. The van der Waals surface area contributed by atoms with Crippen molar-refractivity contribution in [3.63, 3.8) is 0 Å². The zero-order valence-corrected chi connectivity index (χ0v) is 11.3. The predicted molar refractivity (Wildman–Crippen MR) is 75.4 cm³/mol. The van der Waals surface area contributed by atoms with Crippen LogP contribution in [-0.4, -0.2) is 20.3 Å². The molecule has 0 bridgehead atoms. The SMILES string of the molecule is Cc1n[nH]c2nc(-c3ccco3)c3c(F)cc(O)c(F)c3c12. The first-order chi connectivity index (χ1) is 10.6. The van der Waals surface area contributed by atoms with Crippen LogP contribution in [0.25, 0.3) is 33.3 Å². The number of hydrogen-bond donors (Lipinski definition) is 2. The predicted octanol–water partition coefficient (Wildman–Crippen LogP) is 3.66. The highest BCUT2D eigenvalue weighted by Crippen LogP contribution is 2.39. The van der Waals surface area contributed by atoms with Gasteiger partial charge in [0.05, 0.1) is 22.7 Å². The van der Waals surface area contributed by atoms with Crippen molar-refractivity contribution in [3.8, 4) is 17.2 Å². The van der Waals surface area contributed by atoms with Gasteiger partial charge in [0.25, 0.3) is 0 Å². The lowest BCUT2D eigenvalue weighted by Gasteiger charge is -2.09. The van der Waals surface area contributed by atoms with Crippen LogP contribution in [0.5, 0.6) is 5.75 Å². The molecule has 0 spiro atoms. The summed E-state index contributed by atoms with van der Waals surface area (Å²) in [5.41, 5.74) is 0.898. The molecule has 22 heavy (non-hydrogen) atoms. The first kappa shape index (κ1) is 12.8. The number of halogens is 2. The Morgan fingerprint density at radius 2 is 2.05 bits per heavy atom. The average molecular weight is 301 g/mol. The van der Waals surface area contributed by atoms with Gasteiger partial charge >= 0.3 is 0 Å². The van der Waals surface area contributed by atoms with Crippen LogP contribution in [0.2, 0.25) is 0 Å². The molecule has 0 atom stereocenters. The van der Waals surface area contributed by atoms with Gasteiger partial charge < -0.3 is 9.52 Å². The zero-order chi connectivity index (χ0) is 15.4. The number of aryl methyl sites for hydroxylation is 1. The number of nitrogens with one attached hydrogen (secondary N) is 1. The normalized spacial score (nSPS) is 11.6. The Balaban J connectivity index is 2.33. The second-order valence-corrected chi connectivity index (χ2v) is 4.91. The van der Waals surface area contributed by atoms with Crippen molar-refractivity contribution in [2.24, 2.45) is 0 Å². The highest BCUT2D eigenvalue weighted by atomic mass is 19.1. The Morgan fingerprint density at radius 3 is 2.77 bits per heavy atom. The molecule has 4 aromatic rings. The third-order valence-electron chi connectivity index (χ3n) is 3.59. The number of fused-ring (bicyclic) bond motifs is 3. The molecule has 0 aliphatic carbocycles. The van der Waals surface area contributed by atoms with E-state index in [0.29, 0.717) is 22.5 Å². The Morgan fingerprint density at radius 1 is 1.23 bits per heavy atom. The number of aromatic nitrogens is 3. The van der Waals surface area contributed by atoms with Gasteiger partial charge in [-0.25, -0.2) is 13.8 Å². The minimum absolute atomic E-state index is 0.0535. The fraction of sp³-hybridized carbons (Fsp3) is 0.0667. The molecule has 0 saturated heterocycles. The van der Waals surface area contributed by atoms with E-state index < -0.39 is 17.4 Å². The van der Waals surface area contributed by atoms with Gasteiger partial charge in [0.15, 0.2) is 23.0 Å². The van der Waals surface area contributed by atoms with Crippen LogP contribution in [0.4, 0.5) is 8.78 Å². The van der Waals surface area contributed by atoms with Crippen LogP contribution < -0.4 is 0 Å². The maximum atomic E-state index is 14.5. The van der Waals surface area contributed by atoms with Gasteiger partial charge in [-0.1, -0.05) is 0 Å². The summed E-state index contributed by atoms with van der Waals surface area (Å²) in [5, 5.41) is 16.5. The largest absolute Gasteiger partial charge is 0.505 e. The molecule has 2 N–H and O–H groups in total. The van der Waals surface area contributed by atoms with Crippen LogP contribution in [0.3, 0.4) is 0 Å². The van der Waals surface area contributed by atoms with Crippen LogP contribution in [0.15, 0.2) is 28.9 Å². The van der Waals surface area contributed by atoms with Gasteiger partial charge in [-0.2, -0.15) is 5.10 Å². The molecular formula is C15H9F2N3O2. The van der Waals surface area contributed by atoms with Crippen molar-refractivity contribution < 1.29 is 18.3 Å². The molecule has 3 aromatic heterocycles. The second-order valence-electron chi connectivity index (χ2n) is 4.91. The van der Waals surface area contributed by atoms with Crippen molar-refractivity contribution in [1.29, 1.82) is 0 Å². The second kappa shape index (κ2) is 4.27. The smallest absolute Gasteiger partial charge is 0.173 e. The Labute approximate surface area is 122 Å². The summed E-state index contributed by atoms with van der Waals surface area (Å²) in [5.74, 6) is -2.16. The summed E-state index contributed by atoms with van der Waals surface area (Å²) in [6.45, 7) is 1.65. The van der Waals surface area contributed by atoms with Crippen molar-refractivity contribution in [1.82, 2.24) is 15.2 Å². The van der Waals surface area contributed by atoms with Crippen molar-refractivity contribution in [2.75, 3.05) is 0 Å². The topological polar surface area (TPSA) is 74.9 Å². The molecule has 3 heterocycles. The molecule has 0 unspecified atom stereocenters. The highest BCUT2D eigenvalue weighted by molar-refractivity contribution is 6.11. The zero-order valence-electron chi connectivity index (χ0n) is 11.3. The number of aromatic hydroxyl groups is 1. The molecule has 4 rings (SSSR count). The van der Waals surface area contributed by atoms with E-state index in [1.807, 2.05) is 0 Å². The molecule has 5 nitrogen and oxygen atoms in total. The highest BCUT2D eigenvalue weighted by Gasteiger charge is 2.23. The fourth-order valence-corrected chi connectivity index (χ4v) is 2.64. The van der Waals surface area contributed by atoms with E-state index in [4.69, 9.17) is 4.42 Å². The van der Waals surface area contributed by atoms with E-state index in [0.717, 1.165) is 6.07 Å². The Hall–Kier alpha value is -2.96. The van der Waals surface area contributed by atoms with Crippen molar-refractivity contribution in [2.45, 2.75) is 6.92 Å². The lowest BCUT2D eigenvalue weighted by Crippen LogP contribution is -1.94. The lowest BCUT2D eigenvalue weighted by molar-refractivity contribution is 0.431. The van der Waals surface area contributed by atoms with Crippen LogP contribution in [0.1, 0.15) is 5.69 Å². The minimum Gasteiger partial charge on any atom is -0.505 e. The van der Waals surface area contributed by atoms with E-state index >= 15 is 0 Å². The Kier molecular flexibility index (Phi) is 2.47. The molecule has 110 valence electrons. The number of aromatic amines is 1. The Bertz CT molecular complexity index is 1020. The molecule has 0 saturated carbocycles. The molecule has 1 aromatic carbocycles. The van der Waals surface area contributed by atoms with E-state index in [2.05, 4.69) is 15.2 Å². The number of H-pyrrole nitrogens is 1. The molecule has 0 amide bonds. The van der Waals surface area contributed by atoms with Crippen molar-refractivity contribution in [3.05, 3.63) is 41.8 Å². The molecule has 7 heteroatoms. The standard InChI is InChI=1S/C15H9F2N3O2/c1-6-10-12-11(7(16)5-8(21)13(12)17)14(9-3-2-4-22-9)18-15(10)20-19-6/h2-5,21H,1H3,(H,18,19,20). The number of phenols is 1. The third-order valence-corrected chi connectivity index (χ3v) is 3.59. The van der Waals surface area contributed by atoms with Gasteiger partial charge in [-0.05, 0) is 19.1 Å². The fourth-order valence-electron chi connectivity index (χ4n) is 2.64. The quantitative estimate of drug-likeness (QED) is 0.562. The summed E-state index contributed by atoms with van der Waals surface area (Å²) in [6.07, 6.45) is 1.42. The van der Waals surface area contributed by atoms with Gasteiger partial charge in [0.2, 0.25) is 0 Å². The van der Waals surface area contributed by atoms with Crippen LogP contribution >= 0.6 is 0 Å². The van der Waals surface area contributed by atoms with E-state index in [1.165, 1.54) is 6.26 Å². The summed E-state index contributed by atoms with van der Waals surface area (Å²) in [6, 6.07) is 3.95. The summed E-state index contributed by atoms with van der Waals surface area (Å²) in [7, 11) is 0. The molecule has 0 fully saturated rings. The first-order valence-electron chi connectivity index (χ1n) is 6.47. The maximum absolute atomic E-state index is 14.5. The van der Waals surface area contributed by atoms with Gasteiger partial charge in [-0.15, -0.1) is 0 Å². The van der Waals surface area contributed by atoms with Gasteiger partial charge in [0, 0.05) is 11.5 Å². The first-order valence-corrected chi connectivity index (χ1v) is 6.47. The van der Waals surface area contributed by atoms with E-state index in [9.17, 15) is 13.9 Å². The molecule has 0 aliphatic heterocycles. The number of furan rings is 1. The summed E-state index contributed by atoms with van der Waals surface area (Å²) < 4.78 is 34.1. The number of nitrogens with zero attached hydrogens (tertiary/aromatic N) is 2. The van der Waals surface area contributed by atoms with Crippen molar-refractivity contribution >= 4 is 21.8 Å². The molecule has 0 aliphatic rings.